The van der Waals surface area contributed by atoms with Gasteiger partial charge in [0.25, 0.3) is 5.91 Å². The second kappa shape index (κ2) is 7.73. The summed E-state index contributed by atoms with van der Waals surface area (Å²) in [6.45, 7) is 15.9. The summed E-state index contributed by atoms with van der Waals surface area (Å²) in [5, 5.41) is 7.66. The minimum atomic E-state index is -0.666. The van der Waals surface area contributed by atoms with E-state index in [0.717, 1.165) is 29.4 Å². The molecule has 1 aromatic heterocycles. The van der Waals surface area contributed by atoms with Gasteiger partial charge in [-0.25, -0.2) is 4.79 Å². The summed E-state index contributed by atoms with van der Waals surface area (Å²) in [6.07, 6.45) is 1.04. The van der Waals surface area contributed by atoms with Crippen molar-refractivity contribution in [1.82, 2.24) is 10.6 Å². The van der Waals surface area contributed by atoms with Crippen molar-refractivity contribution in [1.29, 1.82) is 0 Å². The zero-order chi connectivity index (χ0) is 22.4. The Balaban J connectivity index is 1.77. The van der Waals surface area contributed by atoms with Gasteiger partial charge >= 0.3 is 5.63 Å². The van der Waals surface area contributed by atoms with Crippen molar-refractivity contribution in [2.45, 2.75) is 91.5 Å². The Labute approximate surface area is 178 Å². The van der Waals surface area contributed by atoms with Crippen molar-refractivity contribution in [3.8, 4) is 5.75 Å². The lowest BCUT2D eigenvalue weighted by Crippen LogP contribution is -2.62. The van der Waals surface area contributed by atoms with Gasteiger partial charge in [-0.05, 0) is 85.9 Å². The number of carbonyl (C=O) groups excluding carboxylic acids is 1. The zero-order valence-corrected chi connectivity index (χ0v) is 19.4. The number of ether oxygens (including phenoxy) is 1. The van der Waals surface area contributed by atoms with Gasteiger partial charge in [-0.1, -0.05) is 0 Å². The number of benzene rings is 1. The standard InChI is InChI=1S/C24H34N2O4/c1-13-14(2)22(28)30-20-15(3)19(10-9-18(13)20)29-16(4)21(27)25-17-11-23(5,6)26-24(7,8)12-17/h9-10,16-17,26H,11-12H2,1-8H3,(H,25,27)/t16-/m1/s1. The van der Waals surface area contributed by atoms with Crippen LogP contribution in [0.3, 0.4) is 0 Å². The highest BCUT2D eigenvalue weighted by atomic mass is 16.5. The summed E-state index contributed by atoms with van der Waals surface area (Å²) in [5.74, 6) is 0.400. The first-order chi connectivity index (χ1) is 13.8. The SMILES string of the molecule is Cc1c(C)c2ccc(O[C@H](C)C(=O)NC3CC(C)(C)NC(C)(C)C3)c(C)c2oc1=O. The average Bonchev–Trinajstić information content (AvgIpc) is 2.59. The molecule has 0 bridgehead atoms. The van der Waals surface area contributed by atoms with Crippen molar-refractivity contribution in [2.24, 2.45) is 0 Å². The fourth-order valence-electron chi connectivity index (χ4n) is 4.74. The molecule has 164 valence electrons. The monoisotopic (exact) mass is 414 g/mol. The van der Waals surface area contributed by atoms with Crippen LogP contribution < -0.4 is 21.0 Å². The van der Waals surface area contributed by atoms with Crippen LogP contribution in [0.5, 0.6) is 5.75 Å². The van der Waals surface area contributed by atoms with Crippen LogP contribution in [0.15, 0.2) is 21.3 Å². The van der Waals surface area contributed by atoms with Crippen LogP contribution in [0.4, 0.5) is 0 Å². The molecule has 0 aliphatic carbocycles. The van der Waals surface area contributed by atoms with Crippen LogP contribution in [-0.4, -0.2) is 29.1 Å². The average molecular weight is 415 g/mol. The van der Waals surface area contributed by atoms with Crippen molar-refractivity contribution < 1.29 is 13.9 Å². The number of nitrogens with one attached hydrogen (secondary N) is 2. The number of piperidine rings is 1. The lowest BCUT2D eigenvalue weighted by molar-refractivity contribution is -0.128. The van der Waals surface area contributed by atoms with E-state index in [2.05, 4.69) is 38.3 Å². The lowest BCUT2D eigenvalue weighted by atomic mass is 9.79. The second-order valence-corrected chi connectivity index (χ2v) is 9.97. The van der Waals surface area contributed by atoms with Gasteiger partial charge < -0.3 is 19.8 Å². The highest BCUT2D eigenvalue weighted by Gasteiger charge is 2.38. The number of hydrogen-bond acceptors (Lipinski definition) is 5. The molecule has 1 aliphatic rings. The normalized spacial score (nSPS) is 19.5. The van der Waals surface area contributed by atoms with Gasteiger partial charge in [0.2, 0.25) is 0 Å². The van der Waals surface area contributed by atoms with E-state index in [1.807, 2.05) is 26.0 Å². The van der Waals surface area contributed by atoms with E-state index in [-0.39, 0.29) is 28.7 Å². The molecular formula is C24H34N2O4. The predicted octanol–water partition coefficient (Wildman–Crippen LogP) is 3.91. The van der Waals surface area contributed by atoms with Crippen molar-refractivity contribution in [3.05, 3.63) is 39.2 Å². The fourth-order valence-corrected chi connectivity index (χ4v) is 4.74. The van der Waals surface area contributed by atoms with E-state index >= 15 is 0 Å². The second-order valence-electron chi connectivity index (χ2n) is 9.97. The van der Waals surface area contributed by atoms with Crippen LogP contribution in [0.2, 0.25) is 0 Å². The molecule has 1 atom stereocenters. The van der Waals surface area contributed by atoms with Crippen molar-refractivity contribution in [3.63, 3.8) is 0 Å². The van der Waals surface area contributed by atoms with Gasteiger partial charge in [0.05, 0.1) is 0 Å². The van der Waals surface area contributed by atoms with Crippen LogP contribution in [0.25, 0.3) is 11.0 Å². The van der Waals surface area contributed by atoms with Crippen LogP contribution in [0, 0.1) is 20.8 Å². The first-order valence-corrected chi connectivity index (χ1v) is 10.6. The van der Waals surface area contributed by atoms with Gasteiger partial charge in [-0.2, -0.15) is 0 Å². The molecule has 2 heterocycles. The van der Waals surface area contributed by atoms with E-state index in [1.54, 1.807) is 13.8 Å². The summed E-state index contributed by atoms with van der Waals surface area (Å²) in [5.41, 5.74) is 2.29. The molecule has 1 fully saturated rings. The zero-order valence-electron chi connectivity index (χ0n) is 19.4. The molecule has 0 saturated carbocycles. The van der Waals surface area contributed by atoms with Gasteiger partial charge in [-0.15, -0.1) is 0 Å². The molecule has 6 nitrogen and oxygen atoms in total. The third-order valence-corrected chi connectivity index (χ3v) is 6.03. The Hall–Kier alpha value is -2.34. The van der Waals surface area contributed by atoms with E-state index in [0.29, 0.717) is 16.9 Å². The van der Waals surface area contributed by atoms with Crippen LogP contribution >= 0.6 is 0 Å². The number of aryl methyl sites for hydroxylation is 2. The Bertz CT molecular complexity index is 1020. The summed E-state index contributed by atoms with van der Waals surface area (Å²) < 4.78 is 11.5. The number of hydrogen-bond donors (Lipinski definition) is 2. The largest absolute Gasteiger partial charge is 0.480 e. The number of fused-ring (bicyclic) bond motifs is 1. The van der Waals surface area contributed by atoms with Gasteiger partial charge in [-0.3, -0.25) is 4.79 Å². The Morgan fingerprint density at radius 1 is 1.10 bits per heavy atom. The van der Waals surface area contributed by atoms with Gasteiger partial charge in [0, 0.05) is 33.6 Å². The highest BCUT2D eigenvalue weighted by Crippen LogP contribution is 2.31. The van der Waals surface area contributed by atoms with E-state index in [1.165, 1.54) is 0 Å². The molecule has 1 aromatic carbocycles. The Kier molecular flexibility index (Phi) is 5.76. The molecule has 0 unspecified atom stereocenters. The summed E-state index contributed by atoms with van der Waals surface area (Å²) in [6, 6.07) is 3.80. The first kappa shape index (κ1) is 22.3. The summed E-state index contributed by atoms with van der Waals surface area (Å²) >= 11 is 0. The maximum absolute atomic E-state index is 12.8. The van der Waals surface area contributed by atoms with Crippen LogP contribution in [0.1, 0.15) is 64.2 Å². The molecule has 1 saturated heterocycles. The quantitative estimate of drug-likeness (QED) is 0.742. The predicted molar refractivity (Wildman–Crippen MR) is 119 cm³/mol. The number of carbonyl (C=O) groups is 1. The van der Waals surface area contributed by atoms with E-state index in [4.69, 9.17) is 9.15 Å². The first-order valence-electron chi connectivity index (χ1n) is 10.6. The minimum Gasteiger partial charge on any atom is -0.480 e. The molecule has 30 heavy (non-hydrogen) atoms. The Morgan fingerprint density at radius 3 is 2.30 bits per heavy atom. The molecule has 2 aromatic rings. The van der Waals surface area contributed by atoms with Gasteiger partial charge in [0.1, 0.15) is 11.3 Å². The fraction of sp³-hybridized carbons (Fsp3) is 0.583. The van der Waals surface area contributed by atoms with Gasteiger partial charge in [0.15, 0.2) is 6.10 Å². The Morgan fingerprint density at radius 2 is 1.70 bits per heavy atom. The molecule has 2 N–H and O–H groups in total. The minimum absolute atomic E-state index is 0.0493. The molecule has 1 aliphatic heterocycles. The van der Waals surface area contributed by atoms with Crippen LogP contribution in [-0.2, 0) is 4.79 Å². The van der Waals surface area contributed by atoms with Crippen molar-refractivity contribution in [2.75, 3.05) is 0 Å². The maximum Gasteiger partial charge on any atom is 0.339 e. The van der Waals surface area contributed by atoms with E-state index in [9.17, 15) is 9.59 Å². The van der Waals surface area contributed by atoms with Crippen molar-refractivity contribution >= 4 is 16.9 Å². The third kappa shape index (κ3) is 4.53. The molecule has 0 radical (unpaired) electrons. The smallest absolute Gasteiger partial charge is 0.339 e. The highest BCUT2D eigenvalue weighted by molar-refractivity contribution is 5.86. The number of rotatable bonds is 4. The molecule has 1 amide bonds. The van der Waals surface area contributed by atoms with E-state index < -0.39 is 6.10 Å². The maximum atomic E-state index is 12.8. The summed E-state index contributed by atoms with van der Waals surface area (Å²) in [7, 11) is 0. The molecule has 3 rings (SSSR count). The summed E-state index contributed by atoms with van der Waals surface area (Å²) in [4.78, 5) is 24.9. The molecule has 0 spiro atoms. The topological polar surface area (TPSA) is 80.6 Å². The number of amides is 1. The molecular weight excluding hydrogens is 380 g/mol. The molecule has 6 heteroatoms. The third-order valence-electron chi connectivity index (χ3n) is 6.03. The lowest BCUT2D eigenvalue weighted by Gasteiger charge is -2.46.